The van der Waals surface area contributed by atoms with E-state index in [4.69, 9.17) is 0 Å². The molecule has 126 valence electrons. The van der Waals surface area contributed by atoms with E-state index in [1.54, 1.807) is 31.2 Å². The fraction of sp³-hybridized carbons (Fsp3) is 0.222. The SMILES string of the molecule is CC(=O)Nc1cc(C(=O)NCC(C)(O)c2ccccc2)ccc1F. The molecule has 2 aromatic rings. The van der Waals surface area contributed by atoms with Crippen molar-refractivity contribution in [1.29, 1.82) is 0 Å². The molecule has 0 aliphatic heterocycles. The van der Waals surface area contributed by atoms with Gasteiger partial charge in [-0.2, -0.15) is 0 Å². The Bertz CT molecular complexity index is 745. The van der Waals surface area contributed by atoms with E-state index in [0.29, 0.717) is 5.56 Å². The molecule has 5 nitrogen and oxygen atoms in total. The largest absolute Gasteiger partial charge is 0.384 e. The summed E-state index contributed by atoms with van der Waals surface area (Å²) in [7, 11) is 0. The first-order valence-electron chi connectivity index (χ1n) is 7.43. The number of amides is 2. The predicted octanol–water partition coefficient (Wildman–Crippen LogP) is 2.42. The minimum Gasteiger partial charge on any atom is -0.384 e. The molecule has 0 bridgehead atoms. The van der Waals surface area contributed by atoms with Crippen LogP contribution in [-0.2, 0) is 10.4 Å². The third kappa shape index (κ3) is 4.39. The van der Waals surface area contributed by atoms with Crippen LogP contribution in [-0.4, -0.2) is 23.5 Å². The highest BCUT2D eigenvalue weighted by Crippen LogP contribution is 2.20. The molecule has 2 rings (SSSR count). The van der Waals surface area contributed by atoms with Gasteiger partial charge in [0, 0.05) is 12.5 Å². The van der Waals surface area contributed by atoms with Crippen molar-refractivity contribution in [2.75, 3.05) is 11.9 Å². The van der Waals surface area contributed by atoms with Crippen molar-refractivity contribution in [1.82, 2.24) is 5.32 Å². The molecule has 0 saturated heterocycles. The topological polar surface area (TPSA) is 78.4 Å². The first-order chi connectivity index (χ1) is 11.3. The third-order valence-electron chi connectivity index (χ3n) is 3.53. The van der Waals surface area contributed by atoms with Crippen LogP contribution >= 0.6 is 0 Å². The second kappa shape index (κ2) is 7.23. The highest BCUT2D eigenvalue weighted by Gasteiger charge is 2.24. The molecule has 0 radical (unpaired) electrons. The number of nitrogens with one attached hydrogen (secondary N) is 2. The Kier molecular flexibility index (Phi) is 5.31. The number of hydrogen-bond acceptors (Lipinski definition) is 3. The number of rotatable bonds is 5. The second-order valence-corrected chi connectivity index (χ2v) is 5.70. The van der Waals surface area contributed by atoms with Crippen LogP contribution in [0.1, 0.15) is 29.8 Å². The highest BCUT2D eigenvalue weighted by molar-refractivity contribution is 5.96. The molecule has 24 heavy (non-hydrogen) atoms. The lowest BCUT2D eigenvalue weighted by molar-refractivity contribution is -0.114. The van der Waals surface area contributed by atoms with Gasteiger partial charge in [0.25, 0.3) is 5.91 Å². The summed E-state index contributed by atoms with van der Waals surface area (Å²) >= 11 is 0. The van der Waals surface area contributed by atoms with Crippen molar-refractivity contribution in [3.05, 3.63) is 65.5 Å². The van der Waals surface area contributed by atoms with Crippen molar-refractivity contribution in [2.45, 2.75) is 19.4 Å². The summed E-state index contributed by atoms with van der Waals surface area (Å²) in [5, 5.41) is 15.4. The van der Waals surface area contributed by atoms with E-state index in [0.717, 1.165) is 6.07 Å². The van der Waals surface area contributed by atoms with Crippen molar-refractivity contribution >= 4 is 17.5 Å². The summed E-state index contributed by atoms with van der Waals surface area (Å²) in [6, 6.07) is 12.6. The van der Waals surface area contributed by atoms with Crippen LogP contribution in [0.4, 0.5) is 10.1 Å². The first-order valence-corrected chi connectivity index (χ1v) is 7.43. The summed E-state index contributed by atoms with van der Waals surface area (Å²) in [6.45, 7) is 2.84. The summed E-state index contributed by atoms with van der Waals surface area (Å²) in [5.74, 6) is -1.53. The van der Waals surface area contributed by atoms with Gasteiger partial charge >= 0.3 is 0 Å². The molecule has 1 unspecified atom stereocenters. The lowest BCUT2D eigenvalue weighted by Gasteiger charge is -2.24. The van der Waals surface area contributed by atoms with Gasteiger partial charge in [-0.3, -0.25) is 9.59 Å². The van der Waals surface area contributed by atoms with Crippen LogP contribution in [0.3, 0.4) is 0 Å². The van der Waals surface area contributed by atoms with Gasteiger partial charge in [0.05, 0.1) is 12.2 Å². The van der Waals surface area contributed by atoms with E-state index in [1.165, 1.54) is 19.1 Å². The van der Waals surface area contributed by atoms with Gasteiger partial charge in [0.1, 0.15) is 11.4 Å². The first kappa shape index (κ1) is 17.6. The van der Waals surface area contributed by atoms with Gasteiger partial charge in [0.15, 0.2) is 0 Å². The van der Waals surface area contributed by atoms with E-state index >= 15 is 0 Å². The quantitative estimate of drug-likeness (QED) is 0.788. The molecule has 6 heteroatoms. The zero-order valence-electron chi connectivity index (χ0n) is 13.5. The predicted molar refractivity (Wildman–Crippen MR) is 89.0 cm³/mol. The maximum atomic E-state index is 13.6. The average Bonchev–Trinajstić information content (AvgIpc) is 2.55. The van der Waals surface area contributed by atoms with Crippen molar-refractivity contribution in [3.63, 3.8) is 0 Å². The summed E-state index contributed by atoms with van der Waals surface area (Å²) in [6.07, 6.45) is 0. The normalized spacial score (nSPS) is 13.0. The molecule has 2 amide bonds. The van der Waals surface area contributed by atoms with Gasteiger partial charge in [0.2, 0.25) is 5.91 Å². The Balaban J connectivity index is 2.09. The van der Waals surface area contributed by atoms with Crippen LogP contribution < -0.4 is 10.6 Å². The van der Waals surface area contributed by atoms with E-state index in [1.807, 2.05) is 6.07 Å². The molecule has 0 heterocycles. The number of carbonyl (C=O) groups is 2. The number of benzene rings is 2. The average molecular weight is 330 g/mol. The molecule has 0 fully saturated rings. The number of aliphatic hydroxyl groups is 1. The summed E-state index contributed by atoms with van der Waals surface area (Å²) < 4.78 is 13.6. The van der Waals surface area contributed by atoms with Gasteiger partial charge in [-0.15, -0.1) is 0 Å². The highest BCUT2D eigenvalue weighted by atomic mass is 19.1. The standard InChI is InChI=1S/C18H19FN2O3/c1-12(22)21-16-10-13(8-9-15(16)19)17(23)20-11-18(2,24)14-6-4-3-5-7-14/h3-10,24H,11H2,1-2H3,(H,20,23)(H,21,22). The molecule has 0 saturated carbocycles. The van der Waals surface area contributed by atoms with Gasteiger partial charge in [-0.05, 0) is 30.7 Å². The molecule has 1 atom stereocenters. The van der Waals surface area contributed by atoms with Gasteiger partial charge in [-0.25, -0.2) is 4.39 Å². The summed E-state index contributed by atoms with van der Waals surface area (Å²) in [5.41, 5.74) is -0.449. The number of anilines is 1. The maximum absolute atomic E-state index is 13.6. The zero-order valence-corrected chi connectivity index (χ0v) is 13.5. The molecule has 0 aliphatic carbocycles. The molecule has 0 aliphatic rings. The molecule has 2 aromatic carbocycles. The Hall–Kier alpha value is -2.73. The van der Waals surface area contributed by atoms with E-state index in [9.17, 15) is 19.1 Å². The third-order valence-corrected chi connectivity index (χ3v) is 3.53. The van der Waals surface area contributed by atoms with Crippen LogP contribution in [0, 0.1) is 5.82 Å². The number of hydrogen-bond donors (Lipinski definition) is 3. The second-order valence-electron chi connectivity index (χ2n) is 5.70. The van der Waals surface area contributed by atoms with Gasteiger partial charge < -0.3 is 15.7 Å². The van der Waals surface area contributed by atoms with E-state index < -0.39 is 23.2 Å². The van der Waals surface area contributed by atoms with E-state index in [-0.39, 0.29) is 17.8 Å². The van der Waals surface area contributed by atoms with Gasteiger partial charge in [-0.1, -0.05) is 30.3 Å². The van der Waals surface area contributed by atoms with Crippen molar-refractivity contribution in [2.24, 2.45) is 0 Å². The molecular weight excluding hydrogens is 311 g/mol. The minimum atomic E-state index is -1.24. The lowest BCUT2D eigenvalue weighted by atomic mass is 9.96. The monoisotopic (exact) mass is 330 g/mol. The van der Waals surface area contributed by atoms with Crippen LogP contribution in [0.2, 0.25) is 0 Å². The fourth-order valence-electron chi connectivity index (χ4n) is 2.21. The smallest absolute Gasteiger partial charge is 0.251 e. The Morgan fingerprint density at radius 3 is 2.46 bits per heavy atom. The number of halogens is 1. The van der Waals surface area contributed by atoms with Crippen LogP contribution in [0.15, 0.2) is 48.5 Å². The Morgan fingerprint density at radius 2 is 1.83 bits per heavy atom. The number of carbonyl (C=O) groups excluding carboxylic acids is 2. The van der Waals surface area contributed by atoms with Crippen LogP contribution in [0.25, 0.3) is 0 Å². The molecule has 3 N–H and O–H groups in total. The minimum absolute atomic E-state index is 0.0112. The molecule has 0 spiro atoms. The maximum Gasteiger partial charge on any atom is 0.251 e. The zero-order chi connectivity index (χ0) is 17.7. The summed E-state index contributed by atoms with van der Waals surface area (Å²) in [4.78, 5) is 23.3. The Labute approximate surface area is 139 Å². The fourth-order valence-corrected chi connectivity index (χ4v) is 2.21. The van der Waals surface area contributed by atoms with Crippen LogP contribution in [0.5, 0.6) is 0 Å². The van der Waals surface area contributed by atoms with E-state index in [2.05, 4.69) is 10.6 Å². The Morgan fingerprint density at radius 1 is 1.17 bits per heavy atom. The van der Waals surface area contributed by atoms with Crippen molar-refractivity contribution < 1.29 is 19.1 Å². The molecule has 0 aromatic heterocycles. The molecular formula is C18H19FN2O3. The van der Waals surface area contributed by atoms with Crippen molar-refractivity contribution in [3.8, 4) is 0 Å². The lowest BCUT2D eigenvalue weighted by Crippen LogP contribution is -2.38.